The first-order valence-electron chi connectivity index (χ1n) is 5.45. The van der Waals surface area contributed by atoms with E-state index < -0.39 is 0 Å². The molecule has 1 rings (SSSR count). The molecule has 0 aliphatic heterocycles. The van der Waals surface area contributed by atoms with E-state index >= 15 is 0 Å². The van der Waals surface area contributed by atoms with Crippen LogP contribution in [0.1, 0.15) is 30.1 Å². The summed E-state index contributed by atoms with van der Waals surface area (Å²) >= 11 is 11.6. The van der Waals surface area contributed by atoms with Crippen LogP contribution < -0.4 is 5.32 Å². The Morgan fingerprint density at radius 1 is 1.53 bits per heavy atom. The summed E-state index contributed by atoms with van der Waals surface area (Å²) in [6.45, 7) is 2.53. The number of hydrogen-bond donors (Lipinski definition) is 2. The van der Waals surface area contributed by atoms with Gasteiger partial charge in [-0.15, -0.1) is 11.6 Å². The average Bonchev–Trinajstić information content (AvgIpc) is 2.32. The minimum atomic E-state index is -0.216. The van der Waals surface area contributed by atoms with Crippen LogP contribution in [0.2, 0.25) is 5.02 Å². The molecule has 17 heavy (non-hydrogen) atoms. The predicted octanol–water partition coefficient (Wildman–Crippen LogP) is 3.18. The Kier molecular flexibility index (Phi) is 5.59. The van der Waals surface area contributed by atoms with Gasteiger partial charge in [-0.05, 0) is 31.0 Å². The Morgan fingerprint density at radius 3 is 2.82 bits per heavy atom. The summed E-state index contributed by atoms with van der Waals surface area (Å²) in [7, 11) is 0. The summed E-state index contributed by atoms with van der Waals surface area (Å²) in [5.41, 5.74) is 0.426. The number of nitrogens with one attached hydrogen (secondary N) is 1. The van der Waals surface area contributed by atoms with Crippen molar-refractivity contribution in [2.75, 3.05) is 6.54 Å². The lowest BCUT2D eigenvalue weighted by molar-refractivity contribution is 0.0953. The third-order valence-corrected chi connectivity index (χ3v) is 3.23. The van der Waals surface area contributed by atoms with Gasteiger partial charge >= 0.3 is 0 Å². The van der Waals surface area contributed by atoms with E-state index in [1.54, 1.807) is 0 Å². The van der Waals surface area contributed by atoms with Gasteiger partial charge in [0, 0.05) is 17.5 Å². The van der Waals surface area contributed by atoms with Crippen molar-refractivity contribution in [2.24, 2.45) is 0 Å². The number of rotatable bonds is 5. The second-order valence-electron chi connectivity index (χ2n) is 3.72. The number of alkyl halides is 1. The molecule has 1 aromatic carbocycles. The highest BCUT2D eigenvalue weighted by Gasteiger charge is 2.08. The van der Waals surface area contributed by atoms with E-state index in [1.807, 2.05) is 6.92 Å². The molecule has 0 spiro atoms. The first-order chi connectivity index (χ1) is 8.04. The summed E-state index contributed by atoms with van der Waals surface area (Å²) in [5.74, 6) is -0.248. The van der Waals surface area contributed by atoms with Gasteiger partial charge in [-0.3, -0.25) is 4.79 Å². The number of benzene rings is 1. The minimum Gasteiger partial charge on any atom is -0.506 e. The summed E-state index contributed by atoms with van der Waals surface area (Å²) in [6.07, 6.45) is 1.61. The van der Waals surface area contributed by atoms with Crippen LogP contribution in [0, 0.1) is 0 Å². The first kappa shape index (κ1) is 14.1. The molecule has 0 heterocycles. The molecule has 0 aliphatic rings. The fourth-order valence-electron chi connectivity index (χ4n) is 1.30. The van der Waals surface area contributed by atoms with E-state index in [1.165, 1.54) is 18.2 Å². The van der Waals surface area contributed by atoms with Crippen LogP contribution in [-0.2, 0) is 0 Å². The van der Waals surface area contributed by atoms with E-state index in [0.29, 0.717) is 12.1 Å². The summed E-state index contributed by atoms with van der Waals surface area (Å²) in [5, 5.41) is 12.2. The van der Waals surface area contributed by atoms with Crippen molar-refractivity contribution in [1.82, 2.24) is 5.32 Å². The molecular weight excluding hydrogens is 261 g/mol. The van der Waals surface area contributed by atoms with Crippen LogP contribution in [-0.4, -0.2) is 22.9 Å². The predicted molar refractivity (Wildman–Crippen MR) is 70.0 cm³/mol. The topological polar surface area (TPSA) is 49.3 Å². The van der Waals surface area contributed by atoms with E-state index in [-0.39, 0.29) is 22.1 Å². The monoisotopic (exact) mass is 275 g/mol. The van der Waals surface area contributed by atoms with Crippen LogP contribution in [0.15, 0.2) is 18.2 Å². The number of carbonyl (C=O) groups excluding carboxylic acids is 1. The maximum Gasteiger partial charge on any atom is 0.251 e. The summed E-state index contributed by atoms with van der Waals surface area (Å²) < 4.78 is 0. The van der Waals surface area contributed by atoms with Crippen molar-refractivity contribution in [3.8, 4) is 5.75 Å². The van der Waals surface area contributed by atoms with Crippen LogP contribution in [0.5, 0.6) is 5.75 Å². The Morgan fingerprint density at radius 2 is 2.24 bits per heavy atom. The van der Waals surface area contributed by atoms with Crippen molar-refractivity contribution < 1.29 is 9.90 Å². The highest BCUT2D eigenvalue weighted by molar-refractivity contribution is 6.32. The maximum atomic E-state index is 11.7. The Bertz CT molecular complexity index is 396. The largest absolute Gasteiger partial charge is 0.506 e. The molecule has 0 fully saturated rings. The Labute approximate surface area is 111 Å². The van der Waals surface area contributed by atoms with Crippen molar-refractivity contribution >= 4 is 29.1 Å². The quantitative estimate of drug-likeness (QED) is 0.811. The number of carbonyl (C=O) groups is 1. The van der Waals surface area contributed by atoms with Crippen molar-refractivity contribution in [1.29, 1.82) is 0 Å². The average molecular weight is 276 g/mol. The van der Waals surface area contributed by atoms with Crippen LogP contribution in [0.25, 0.3) is 0 Å². The number of hydrogen-bond acceptors (Lipinski definition) is 2. The highest BCUT2D eigenvalue weighted by Crippen LogP contribution is 2.23. The van der Waals surface area contributed by atoms with Gasteiger partial charge in [0.15, 0.2) is 0 Å². The Hall–Kier alpha value is -0.930. The zero-order valence-electron chi connectivity index (χ0n) is 9.54. The lowest BCUT2D eigenvalue weighted by Crippen LogP contribution is -2.26. The molecule has 0 aliphatic carbocycles. The van der Waals surface area contributed by atoms with E-state index in [0.717, 1.165) is 12.8 Å². The second kappa shape index (κ2) is 6.72. The van der Waals surface area contributed by atoms with Gasteiger partial charge in [-0.25, -0.2) is 0 Å². The van der Waals surface area contributed by atoms with Gasteiger partial charge in [-0.2, -0.15) is 0 Å². The Balaban J connectivity index is 2.50. The van der Waals surface area contributed by atoms with Gasteiger partial charge in [0.05, 0.1) is 5.02 Å². The molecule has 2 N–H and O–H groups in total. The number of phenols is 1. The summed E-state index contributed by atoms with van der Waals surface area (Å²) in [6, 6.07) is 4.35. The van der Waals surface area contributed by atoms with Crippen molar-refractivity contribution in [2.45, 2.75) is 25.1 Å². The van der Waals surface area contributed by atoms with Gasteiger partial charge in [0.1, 0.15) is 5.75 Å². The van der Waals surface area contributed by atoms with Crippen molar-refractivity contribution in [3.05, 3.63) is 28.8 Å². The molecule has 1 aromatic rings. The van der Waals surface area contributed by atoms with Crippen molar-refractivity contribution in [3.63, 3.8) is 0 Å². The molecule has 5 heteroatoms. The standard InChI is InChI=1S/C12H15Cl2NO2/c1-2-9(13)5-6-15-12(17)8-3-4-11(16)10(14)7-8/h3-4,7,9,16H,2,5-6H2,1H3,(H,15,17). The summed E-state index contributed by atoms with van der Waals surface area (Å²) in [4.78, 5) is 11.7. The number of amides is 1. The van der Waals surface area contributed by atoms with E-state index in [9.17, 15) is 9.90 Å². The number of halogens is 2. The zero-order valence-corrected chi connectivity index (χ0v) is 11.1. The van der Waals surface area contributed by atoms with Crippen LogP contribution >= 0.6 is 23.2 Å². The molecule has 94 valence electrons. The molecule has 0 saturated carbocycles. The first-order valence-corrected chi connectivity index (χ1v) is 6.26. The molecule has 0 bridgehead atoms. The fraction of sp³-hybridized carbons (Fsp3) is 0.417. The fourth-order valence-corrected chi connectivity index (χ4v) is 1.59. The number of aromatic hydroxyl groups is 1. The molecule has 1 amide bonds. The number of phenolic OH excluding ortho intramolecular Hbond substituents is 1. The SMILES string of the molecule is CCC(Cl)CCNC(=O)c1ccc(O)c(Cl)c1. The van der Waals surface area contributed by atoms with E-state index in [2.05, 4.69) is 5.32 Å². The van der Waals surface area contributed by atoms with Gasteiger partial charge < -0.3 is 10.4 Å². The smallest absolute Gasteiger partial charge is 0.251 e. The van der Waals surface area contributed by atoms with Crippen LogP contribution in [0.3, 0.4) is 0 Å². The van der Waals surface area contributed by atoms with E-state index in [4.69, 9.17) is 23.2 Å². The molecular formula is C12H15Cl2NO2. The molecule has 0 aromatic heterocycles. The third-order valence-electron chi connectivity index (χ3n) is 2.40. The second-order valence-corrected chi connectivity index (χ2v) is 4.74. The molecule has 1 unspecified atom stereocenters. The minimum absolute atomic E-state index is 0.0324. The lowest BCUT2D eigenvalue weighted by atomic mass is 10.2. The highest BCUT2D eigenvalue weighted by atomic mass is 35.5. The zero-order chi connectivity index (χ0) is 12.8. The normalized spacial score (nSPS) is 12.2. The molecule has 0 saturated heterocycles. The lowest BCUT2D eigenvalue weighted by Gasteiger charge is -2.08. The maximum absolute atomic E-state index is 11.7. The van der Waals surface area contributed by atoms with Gasteiger partial charge in [-0.1, -0.05) is 18.5 Å². The molecule has 3 nitrogen and oxygen atoms in total. The van der Waals surface area contributed by atoms with Gasteiger partial charge in [0.2, 0.25) is 0 Å². The third kappa shape index (κ3) is 4.44. The molecule has 1 atom stereocenters. The van der Waals surface area contributed by atoms with Gasteiger partial charge in [0.25, 0.3) is 5.91 Å². The molecule has 0 radical (unpaired) electrons. The van der Waals surface area contributed by atoms with Crippen LogP contribution in [0.4, 0.5) is 0 Å².